The molecule has 0 fully saturated rings. The molecule has 0 N–H and O–H groups in total. The van der Waals surface area contributed by atoms with Crippen molar-refractivity contribution >= 4 is 22.9 Å². The molecule has 0 spiro atoms. The topological polar surface area (TPSA) is 38.7 Å². The Morgan fingerprint density at radius 3 is 1.75 bits per heavy atom. The maximum atomic E-state index is 5.20. The first-order valence-corrected chi connectivity index (χ1v) is 17.6. The van der Waals surface area contributed by atoms with Crippen LogP contribution in [-0.2, 0) is 0 Å². The van der Waals surface area contributed by atoms with Crippen LogP contribution in [0.25, 0.3) is 90.2 Å². The second kappa shape index (κ2) is 14.3. The monoisotopic (exact) mass is 667 g/mol. The lowest BCUT2D eigenvalue weighted by Crippen LogP contribution is -1.97. The van der Waals surface area contributed by atoms with Crippen LogP contribution >= 0.6 is 0 Å². The highest BCUT2D eigenvalue weighted by atomic mass is 14.9. The third-order valence-electron chi connectivity index (χ3n) is 9.57. The molecule has 0 saturated carbocycles. The normalized spacial score (nSPS) is 11.3. The van der Waals surface area contributed by atoms with E-state index >= 15 is 0 Å². The fourth-order valence-electron chi connectivity index (χ4n) is 6.90. The number of hydrogen-bond donors (Lipinski definition) is 0. The lowest BCUT2D eigenvalue weighted by molar-refractivity contribution is 1.18. The number of aromatic nitrogens is 3. The Bertz CT molecular complexity index is 2530. The highest BCUT2D eigenvalue weighted by molar-refractivity contribution is 5.97. The molecule has 248 valence electrons. The summed E-state index contributed by atoms with van der Waals surface area (Å²) in [5, 5.41) is 2.34. The zero-order valence-electron chi connectivity index (χ0n) is 29.3. The van der Waals surface area contributed by atoms with Crippen molar-refractivity contribution in [1.29, 1.82) is 0 Å². The van der Waals surface area contributed by atoms with E-state index in [0.29, 0.717) is 5.82 Å². The number of hydrogen-bond acceptors (Lipinski definition) is 3. The molecule has 0 radical (unpaired) electrons. The van der Waals surface area contributed by atoms with Gasteiger partial charge in [0.1, 0.15) is 0 Å². The van der Waals surface area contributed by atoms with Crippen LogP contribution < -0.4 is 0 Å². The van der Waals surface area contributed by atoms with Gasteiger partial charge in [-0.3, -0.25) is 4.98 Å². The summed E-state index contributed by atoms with van der Waals surface area (Å²) >= 11 is 0. The maximum Gasteiger partial charge on any atom is 0.160 e. The molecule has 3 nitrogen and oxygen atoms in total. The van der Waals surface area contributed by atoms with E-state index in [9.17, 15) is 0 Å². The van der Waals surface area contributed by atoms with Crippen molar-refractivity contribution in [2.24, 2.45) is 0 Å². The molecule has 52 heavy (non-hydrogen) atoms. The van der Waals surface area contributed by atoms with Crippen LogP contribution in [0, 0.1) is 6.92 Å². The molecule has 0 aliphatic heterocycles. The summed E-state index contributed by atoms with van der Waals surface area (Å²) < 4.78 is 0. The molecule has 0 saturated heterocycles. The van der Waals surface area contributed by atoms with Gasteiger partial charge in [-0.2, -0.15) is 0 Å². The standard InChI is InChI=1S/C49H37N3/c1-4-13-35-23-24-37-25-26-40(31-46(37)44(35)5-2)42-28-41(34-19-21-36(22-20-34)45-18-12-27-50-33(45)3)29-43(30-42)49-51-47(38-14-8-6-9-15-38)32-48(52-49)39-16-10-7-11-17-39/h4-32H,2H2,1,3H3/b13-4-. The van der Waals surface area contributed by atoms with Crippen molar-refractivity contribution < 1.29 is 0 Å². The van der Waals surface area contributed by atoms with Crippen molar-refractivity contribution in [1.82, 2.24) is 15.0 Å². The minimum absolute atomic E-state index is 0.675. The van der Waals surface area contributed by atoms with E-state index in [-0.39, 0.29) is 0 Å². The molecular formula is C49H37N3. The fraction of sp³-hybridized carbons (Fsp3) is 0.0408. The Morgan fingerprint density at radius 2 is 1.12 bits per heavy atom. The van der Waals surface area contributed by atoms with E-state index in [4.69, 9.17) is 9.97 Å². The lowest BCUT2D eigenvalue weighted by atomic mass is 9.92. The Kier molecular flexibility index (Phi) is 8.91. The summed E-state index contributed by atoms with van der Waals surface area (Å²) in [7, 11) is 0. The molecule has 0 unspecified atom stereocenters. The van der Waals surface area contributed by atoms with Gasteiger partial charge in [0, 0.05) is 34.1 Å². The Labute approximate surface area is 305 Å². The molecule has 0 aliphatic rings. The molecule has 8 aromatic rings. The number of aryl methyl sites for hydroxylation is 1. The van der Waals surface area contributed by atoms with Crippen LogP contribution in [0.15, 0.2) is 171 Å². The van der Waals surface area contributed by atoms with Crippen molar-refractivity contribution in [3.05, 3.63) is 187 Å². The second-order valence-corrected chi connectivity index (χ2v) is 12.9. The minimum atomic E-state index is 0.675. The average Bonchev–Trinajstić information content (AvgIpc) is 3.21. The molecule has 2 aromatic heterocycles. The average molecular weight is 668 g/mol. The molecule has 2 heterocycles. The van der Waals surface area contributed by atoms with Crippen molar-refractivity contribution in [3.63, 3.8) is 0 Å². The Balaban J connectivity index is 1.34. The van der Waals surface area contributed by atoms with Crippen LogP contribution in [0.2, 0.25) is 0 Å². The van der Waals surface area contributed by atoms with Gasteiger partial charge in [-0.05, 0) is 100.0 Å². The van der Waals surface area contributed by atoms with Gasteiger partial charge in [0.25, 0.3) is 0 Å². The minimum Gasteiger partial charge on any atom is -0.261 e. The lowest BCUT2D eigenvalue weighted by Gasteiger charge is -2.14. The SMILES string of the molecule is C=Cc1c(/C=C\C)ccc2ccc(-c3cc(-c4ccc(-c5cccnc5C)cc4)cc(-c4nc(-c5ccccc5)cc(-c5ccccc5)n4)c3)cc12. The summed E-state index contributed by atoms with van der Waals surface area (Å²) in [6, 6.07) is 53.4. The maximum absolute atomic E-state index is 5.20. The van der Waals surface area contributed by atoms with Gasteiger partial charge in [-0.1, -0.05) is 140 Å². The van der Waals surface area contributed by atoms with Gasteiger partial charge in [0.15, 0.2) is 5.82 Å². The van der Waals surface area contributed by atoms with E-state index in [1.165, 1.54) is 10.8 Å². The first kappa shape index (κ1) is 32.5. The molecule has 0 aliphatic carbocycles. The zero-order chi connectivity index (χ0) is 35.4. The van der Waals surface area contributed by atoms with Gasteiger partial charge in [-0.15, -0.1) is 0 Å². The molecule has 3 heteroatoms. The molecule has 0 atom stereocenters. The summed E-state index contributed by atoms with van der Waals surface area (Å²) in [5.41, 5.74) is 14.8. The number of allylic oxidation sites excluding steroid dienone is 1. The van der Waals surface area contributed by atoms with Gasteiger partial charge >= 0.3 is 0 Å². The highest BCUT2D eigenvalue weighted by Crippen LogP contribution is 2.37. The van der Waals surface area contributed by atoms with Crippen LogP contribution in [0.1, 0.15) is 23.7 Å². The molecular weight excluding hydrogens is 631 g/mol. The van der Waals surface area contributed by atoms with E-state index in [2.05, 4.69) is 140 Å². The molecule has 0 amide bonds. The summed E-state index contributed by atoms with van der Waals surface area (Å²) in [5.74, 6) is 0.675. The first-order chi connectivity index (χ1) is 25.6. The van der Waals surface area contributed by atoms with E-state index in [1.54, 1.807) is 0 Å². The van der Waals surface area contributed by atoms with Crippen molar-refractivity contribution in [2.45, 2.75) is 13.8 Å². The number of benzene rings is 6. The Hall–Kier alpha value is -6.71. The quantitative estimate of drug-likeness (QED) is 0.162. The van der Waals surface area contributed by atoms with Gasteiger partial charge in [-0.25, -0.2) is 9.97 Å². The highest BCUT2D eigenvalue weighted by Gasteiger charge is 2.15. The van der Waals surface area contributed by atoms with E-state index < -0.39 is 0 Å². The predicted molar refractivity (Wildman–Crippen MR) is 219 cm³/mol. The smallest absolute Gasteiger partial charge is 0.160 e. The molecule has 0 bridgehead atoms. The van der Waals surface area contributed by atoms with E-state index in [0.717, 1.165) is 78.3 Å². The van der Waals surface area contributed by atoms with Crippen molar-refractivity contribution in [2.75, 3.05) is 0 Å². The van der Waals surface area contributed by atoms with Crippen LogP contribution in [0.3, 0.4) is 0 Å². The Morgan fingerprint density at radius 1 is 0.519 bits per heavy atom. The zero-order valence-corrected chi connectivity index (χ0v) is 29.3. The third kappa shape index (κ3) is 6.48. The number of fused-ring (bicyclic) bond motifs is 1. The van der Waals surface area contributed by atoms with Gasteiger partial charge in [0.2, 0.25) is 0 Å². The summed E-state index contributed by atoms with van der Waals surface area (Å²) in [6.07, 6.45) is 8.01. The van der Waals surface area contributed by atoms with Crippen LogP contribution in [-0.4, -0.2) is 15.0 Å². The number of pyridine rings is 1. The molecule has 6 aromatic carbocycles. The van der Waals surface area contributed by atoms with Crippen LogP contribution in [0.5, 0.6) is 0 Å². The van der Waals surface area contributed by atoms with E-state index in [1.807, 2.05) is 61.7 Å². The third-order valence-corrected chi connectivity index (χ3v) is 9.57. The first-order valence-electron chi connectivity index (χ1n) is 17.6. The fourth-order valence-corrected chi connectivity index (χ4v) is 6.90. The van der Waals surface area contributed by atoms with Gasteiger partial charge < -0.3 is 0 Å². The van der Waals surface area contributed by atoms with Crippen molar-refractivity contribution in [3.8, 4) is 67.3 Å². The number of nitrogens with zero attached hydrogens (tertiary/aromatic N) is 3. The van der Waals surface area contributed by atoms with Crippen LogP contribution in [0.4, 0.5) is 0 Å². The number of rotatable bonds is 8. The molecule has 8 rings (SSSR count). The second-order valence-electron chi connectivity index (χ2n) is 12.9. The summed E-state index contributed by atoms with van der Waals surface area (Å²) in [6.45, 7) is 8.28. The van der Waals surface area contributed by atoms with Gasteiger partial charge in [0.05, 0.1) is 11.4 Å². The largest absolute Gasteiger partial charge is 0.261 e. The summed E-state index contributed by atoms with van der Waals surface area (Å²) in [4.78, 5) is 14.9. The predicted octanol–water partition coefficient (Wildman–Crippen LogP) is 13.0.